The molecule has 2 amide bonds. The van der Waals surface area contributed by atoms with E-state index in [9.17, 15) is 27.9 Å². The molecule has 178 valence electrons. The summed E-state index contributed by atoms with van der Waals surface area (Å²) < 4.78 is 29.6. The number of β-lactam (4-membered cyclic amide) rings is 1. The van der Waals surface area contributed by atoms with Crippen LogP contribution in [0.5, 0.6) is 0 Å². The second-order valence-corrected chi connectivity index (χ2v) is 11.3. The number of carbonyl (C=O) groups is 3. The van der Waals surface area contributed by atoms with E-state index in [-0.39, 0.29) is 34.2 Å². The number of allylic oxidation sites excluding steroid dienone is 1. The van der Waals surface area contributed by atoms with Crippen molar-refractivity contribution in [2.45, 2.75) is 29.7 Å². The monoisotopic (exact) mass is 520 g/mol. The first kappa shape index (κ1) is 24.0. The molecule has 2 aliphatic rings. The lowest BCUT2D eigenvalue weighted by molar-refractivity contribution is -0.150. The molecule has 2 N–H and O–H groups in total. The minimum atomic E-state index is -4.07. The summed E-state index contributed by atoms with van der Waals surface area (Å²) in [7, 11) is -4.07. The highest BCUT2D eigenvalue weighted by atomic mass is 32.2. The van der Waals surface area contributed by atoms with Crippen LogP contribution in [0.4, 0.5) is 0 Å². The summed E-state index contributed by atoms with van der Waals surface area (Å²) in [5, 5.41) is 13.7. The summed E-state index contributed by atoms with van der Waals surface area (Å²) in [5.74, 6) is -1.99. The third-order valence-corrected chi connectivity index (χ3v) is 8.59. The summed E-state index contributed by atoms with van der Waals surface area (Å²) in [6.45, 7) is 1.82. The normalized spacial score (nSPS) is 20.1. The molecular formula is C22H20N2O7S3. The van der Waals surface area contributed by atoms with Crippen LogP contribution in [0.1, 0.15) is 10.4 Å². The van der Waals surface area contributed by atoms with Crippen LogP contribution in [0.3, 0.4) is 0 Å². The molecule has 0 bridgehead atoms. The Kier molecular flexibility index (Phi) is 6.82. The molecule has 3 heterocycles. The molecule has 2 aromatic rings. The number of hydrogen-bond acceptors (Lipinski definition) is 8. The van der Waals surface area contributed by atoms with E-state index in [1.807, 2.05) is 24.4 Å². The van der Waals surface area contributed by atoms with Gasteiger partial charge in [-0.15, -0.1) is 23.1 Å². The third-order valence-electron chi connectivity index (χ3n) is 5.19. The molecule has 4 rings (SSSR count). The molecule has 1 saturated heterocycles. The molecule has 1 fully saturated rings. The van der Waals surface area contributed by atoms with E-state index in [2.05, 4.69) is 5.32 Å². The van der Waals surface area contributed by atoms with E-state index in [0.29, 0.717) is 0 Å². The Bertz CT molecular complexity index is 1280. The predicted octanol–water partition coefficient (Wildman–Crippen LogP) is 2.26. The quantitative estimate of drug-likeness (QED) is 0.308. The van der Waals surface area contributed by atoms with Crippen LogP contribution in [-0.4, -0.2) is 53.4 Å². The summed E-state index contributed by atoms with van der Waals surface area (Å²) >= 11 is 2.71. The van der Waals surface area contributed by atoms with Gasteiger partial charge in [-0.25, -0.2) is 4.79 Å². The molecule has 0 spiro atoms. The highest BCUT2D eigenvalue weighted by Gasteiger charge is 2.53. The molecule has 2 unspecified atom stereocenters. The Balaban J connectivity index is 1.46. The van der Waals surface area contributed by atoms with E-state index in [4.69, 9.17) is 4.18 Å². The van der Waals surface area contributed by atoms with Crippen molar-refractivity contribution in [3.8, 4) is 0 Å². The lowest BCUT2D eigenvalue weighted by atomic mass is 10.0. The van der Waals surface area contributed by atoms with Crippen LogP contribution in [0, 0.1) is 6.92 Å². The average Bonchev–Trinajstić information content (AvgIpc) is 3.30. The summed E-state index contributed by atoms with van der Waals surface area (Å²) in [6.07, 6.45) is 2.27. The molecule has 0 aliphatic carbocycles. The summed E-state index contributed by atoms with van der Waals surface area (Å²) in [5.41, 5.74) is 0.856. The van der Waals surface area contributed by atoms with Gasteiger partial charge in [-0.05, 0) is 42.2 Å². The molecule has 9 nitrogen and oxygen atoms in total. The van der Waals surface area contributed by atoms with E-state index >= 15 is 0 Å². The largest absolute Gasteiger partial charge is 0.477 e. The van der Waals surface area contributed by atoms with Crippen molar-refractivity contribution in [1.29, 1.82) is 0 Å². The summed E-state index contributed by atoms with van der Waals surface area (Å²) in [4.78, 5) is 38.8. The molecule has 34 heavy (non-hydrogen) atoms. The Morgan fingerprint density at radius 2 is 2.00 bits per heavy atom. The molecule has 1 aromatic heterocycles. The molecular weight excluding hydrogens is 500 g/mol. The van der Waals surface area contributed by atoms with Crippen LogP contribution >= 0.6 is 23.1 Å². The number of aliphatic carboxylic acids is 1. The number of hydrogen-bond donors (Lipinski definition) is 2. The lowest BCUT2D eigenvalue weighted by Gasteiger charge is -2.49. The van der Waals surface area contributed by atoms with Crippen molar-refractivity contribution in [2.75, 3.05) is 5.75 Å². The topological polar surface area (TPSA) is 130 Å². The van der Waals surface area contributed by atoms with E-state index < -0.39 is 33.4 Å². The summed E-state index contributed by atoms with van der Waals surface area (Å²) in [6, 6.07) is 8.91. The van der Waals surface area contributed by atoms with Gasteiger partial charge < -0.3 is 14.6 Å². The molecule has 0 saturated carbocycles. The van der Waals surface area contributed by atoms with Crippen LogP contribution < -0.4 is 5.32 Å². The lowest BCUT2D eigenvalue weighted by Crippen LogP contribution is -2.70. The fourth-order valence-corrected chi connectivity index (χ4v) is 6.31. The minimum absolute atomic E-state index is 0.0349. The number of rotatable bonds is 8. The van der Waals surface area contributed by atoms with Crippen LogP contribution in [-0.2, 0) is 35.1 Å². The number of thioether (sulfide) groups is 1. The first-order chi connectivity index (χ1) is 16.2. The van der Waals surface area contributed by atoms with Gasteiger partial charge in [0.25, 0.3) is 5.91 Å². The van der Waals surface area contributed by atoms with Crippen molar-refractivity contribution in [3.05, 3.63) is 75.8 Å². The number of carboxylic acids is 1. The van der Waals surface area contributed by atoms with E-state index in [1.54, 1.807) is 12.1 Å². The number of thiophene rings is 1. The number of nitrogens with zero attached hydrogens (tertiary/aromatic N) is 1. The van der Waals surface area contributed by atoms with Crippen molar-refractivity contribution >= 4 is 51.0 Å². The SMILES string of the molecule is Cc1ccc(S(=O)(=O)OC=CC2=C(C(=O)O)N3C(=O)C(NC(=O)Cc4cccs4)C3SC2)cc1. The van der Waals surface area contributed by atoms with Gasteiger partial charge in [0.2, 0.25) is 5.91 Å². The number of fused-ring (bicyclic) bond motifs is 1. The van der Waals surface area contributed by atoms with Gasteiger partial charge in [-0.1, -0.05) is 23.8 Å². The maximum Gasteiger partial charge on any atom is 0.352 e. The second kappa shape index (κ2) is 9.65. The Morgan fingerprint density at radius 1 is 1.26 bits per heavy atom. The van der Waals surface area contributed by atoms with Crippen molar-refractivity contribution < 1.29 is 32.1 Å². The minimum Gasteiger partial charge on any atom is -0.477 e. The van der Waals surface area contributed by atoms with Gasteiger partial charge in [0.15, 0.2) is 0 Å². The number of amides is 2. The number of nitrogens with one attached hydrogen (secondary N) is 1. The van der Waals surface area contributed by atoms with Crippen LogP contribution in [0.25, 0.3) is 0 Å². The maximum absolute atomic E-state index is 12.7. The fraction of sp³-hybridized carbons (Fsp3) is 0.227. The fourth-order valence-electron chi connectivity index (χ4n) is 3.51. The van der Waals surface area contributed by atoms with Gasteiger partial charge in [-0.3, -0.25) is 14.5 Å². The van der Waals surface area contributed by atoms with Crippen molar-refractivity contribution in [2.24, 2.45) is 0 Å². The zero-order valence-electron chi connectivity index (χ0n) is 17.8. The van der Waals surface area contributed by atoms with Crippen LogP contribution in [0.15, 0.2) is 70.3 Å². The zero-order valence-corrected chi connectivity index (χ0v) is 20.3. The van der Waals surface area contributed by atoms with E-state index in [0.717, 1.165) is 21.6 Å². The third kappa shape index (κ3) is 4.88. The molecule has 2 atom stereocenters. The Labute approximate surface area is 204 Å². The smallest absolute Gasteiger partial charge is 0.352 e. The van der Waals surface area contributed by atoms with Gasteiger partial charge in [0.1, 0.15) is 28.3 Å². The highest BCUT2D eigenvalue weighted by molar-refractivity contribution is 8.00. The molecule has 12 heteroatoms. The van der Waals surface area contributed by atoms with E-state index in [1.165, 1.54) is 41.3 Å². The van der Waals surface area contributed by atoms with Gasteiger partial charge >= 0.3 is 16.1 Å². The van der Waals surface area contributed by atoms with Crippen molar-refractivity contribution in [3.63, 3.8) is 0 Å². The first-order valence-corrected chi connectivity index (χ1v) is 13.4. The first-order valence-electron chi connectivity index (χ1n) is 10.1. The zero-order chi connectivity index (χ0) is 24.5. The number of carboxylic acid groups (broad SMARTS) is 1. The molecule has 1 aromatic carbocycles. The van der Waals surface area contributed by atoms with Crippen LogP contribution in [0.2, 0.25) is 0 Å². The molecule has 0 radical (unpaired) electrons. The standard InChI is InChI=1S/C22H20N2O7S3/c1-13-4-6-16(7-5-13)34(29,30)31-9-8-14-12-33-21-18(20(26)24(21)19(14)22(27)28)23-17(25)11-15-3-2-10-32-15/h2-10,18,21H,11-12H2,1H3,(H,23,25)(H,27,28). The second-order valence-electron chi connectivity index (χ2n) is 7.56. The average molecular weight is 521 g/mol. The number of aryl methyl sites for hydroxylation is 1. The highest BCUT2D eigenvalue weighted by Crippen LogP contribution is 2.40. The van der Waals surface area contributed by atoms with Gasteiger partial charge in [0, 0.05) is 10.6 Å². The predicted molar refractivity (Wildman–Crippen MR) is 126 cm³/mol. The Hall–Kier alpha value is -3.09. The number of carbonyl (C=O) groups excluding carboxylic acids is 2. The molecule has 2 aliphatic heterocycles. The Morgan fingerprint density at radius 3 is 2.65 bits per heavy atom. The maximum atomic E-state index is 12.7. The number of benzene rings is 1. The van der Waals surface area contributed by atoms with Gasteiger partial charge in [-0.2, -0.15) is 8.42 Å². The van der Waals surface area contributed by atoms with Crippen molar-refractivity contribution in [1.82, 2.24) is 10.2 Å². The van der Waals surface area contributed by atoms with Gasteiger partial charge in [0.05, 0.1) is 6.42 Å².